The van der Waals surface area contributed by atoms with E-state index in [1.165, 1.54) is 26.4 Å². The van der Waals surface area contributed by atoms with E-state index < -0.39 is 17.6 Å². The summed E-state index contributed by atoms with van der Waals surface area (Å²) in [7, 11) is 2.80. The SMILES string of the molecule is COc1cc(OSC(F)(F)F)cc(Br)c1OC. The molecule has 1 rings (SSSR count). The van der Waals surface area contributed by atoms with Crippen LogP contribution in [-0.4, -0.2) is 19.7 Å². The Bertz CT molecular complexity index is 398. The molecule has 1 aromatic carbocycles. The number of alkyl halides is 3. The molecule has 0 aliphatic rings. The molecule has 0 aliphatic heterocycles. The third kappa shape index (κ3) is 4.19. The van der Waals surface area contributed by atoms with Gasteiger partial charge in [0, 0.05) is 6.07 Å². The molecule has 96 valence electrons. The zero-order valence-electron chi connectivity index (χ0n) is 8.80. The quantitative estimate of drug-likeness (QED) is 0.778. The second-order valence-electron chi connectivity index (χ2n) is 2.75. The molecular formula is C9H8BrF3O3S. The smallest absolute Gasteiger partial charge is 0.479 e. The number of benzene rings is 1. The standard InChI is InChI=1S/C9H8BrF3O3S/c1-14-7-4-5(16-17-9(11,12)13)3-6(10)8(7)15-2/h3-4H,1-2H3. The Morgan fingerprint density at radius 1 is 1.18 bits per heavy atom. The highest BCUT2D eigenvalue weighted by Gasteiger charge is 2.31. The highest BCUT2D eigenvalue weighted by atomic mass is 79.9. The fourth-order valence-electron chi connectivity index (χ4n) is 1.04. The van der Waals surface area contributed by atoms with Gasteiger partial charge in [0.2, 0.25) is 0 Å². The van der Waals surface area contributed by atoms with Crippen molar-refractivity contribution in [1.29, 1.82) is 0 Å². The minimum atomic E-state index is -4.46. The van der Waals surface area contributed by atoms with E-state index >= 15 is 0 Å². The maximum Gasteiger partial charge on any atom is 0.479 e. The van der Waals surface area contributed by atoms with Crippen LogP contribution in [0, 0.1) is 0 Å². The third-order valence-corrected chi connectivity index (χ3v) is 2.69. The van der Waals surface area contributed by atoms with Crippen LogP contribution in [0.15, 0.2) is 16.6 Å². The average molecular weight is 333 g/mol. The number of methoxy groups -OCH3 is 2. The van der Waals surface area contributed by atoms with Crippen molar-refractivity contribution >= 4 is 28.0 Å². The van der Waals surface area contributed by atoms with E-state index in [2.05, 4.69) is 20.1 Å². The molecule has 0 unspecified atom stereocenters. The molecule has 0 bridgehead atoms. The molecule has 0 radical (unpaired) electrons. The van der Waals surface area contributed by atoms with Crippen molar-refractivity contribution in [3.63, 3.8) is 0 Å². The van der Waals surface area contributed by atoms with E-state index in [-0.39, 0.29) is 11.5 Å². The summed E-state index contributed by atoms with van der Waals surface area (Å²) < 4.78 is 50.8. The van der Waals surface area contributed by atoms with Crippen molar-refractivity contribution in [3.8, 4) is 17.2 Å². The van der Waals surface area contributed by atoms with Crippen molar-refractivity contribution in [1.82, 2.24) is 0 Å². The molecule has 0 fully saturated rings. The van der Waals surface area contributed by atoms with Crippen LogP contribution in [0.2, 0.25) is 0 Å². The molecule has 0 aliphatic carbocycles. The van der Waals surface area contributed by atoms with Gasteiger partial charge in [-0.25, -0.2) is 0 Å². The molecule has 0 saturated carbocycles. The van der Waals surface area contributed by atoms with Crippen molar-refractivity contribution in [2.24, 2.45) is 0 Å². The first-order valence-electron chi connectivity index (χ1n) is 4.21. The van der Waals surface area contributed by atoms with Crippen LogP contribution in [0.25, 0.3) is 0 Å². The van der Waals surface area contributed by atoms with Gasteiger partial charge in [0.15, 0.2) is 23.5 Å². The lowest BCUT2D eigenvalue weighted by Crippen LogP contribution is -2.03. The van der Waals surface area contributed by atoms with Gasteiger partial charge in [0.05, 0.1) is 18.7 Å². The Hall–Kier alpha value is -0.760. The first kappa shape index (κ1) is 14.3. The van der Waals surface area contributed by atoms with Gasteiger partial charge in [-0.1, -0.05) is 0 Å². The van der Waals surface area contributed by atoms with Gasteiger partial charge in [-0.15, -0.1) is 0 Å². The Morgan fingerprint density at radius 3 is 2.29 bits per heavy atom. The summed E-state index contributed by atoms with van der Waals surface area (Å²) in [5.74, 6) is 0.674. The van der Waals surface area contributed by atoms with Gasteiger partial charge >= 0.3 is 5.51 Å². The molecule has 17 heavy (non-hydrogen) atoms. The van der Waals surface area contributed by atoms with Crippen molar-refractivity contribution in [2.45, 2.75) is 5.51 Å². The van der Waals surface area contributed by atoms with Crippen LogP contribution in [-0.2, 0) is 0 Å². The fourth-order valence-corrected chi connectivity index (χ4v) is 1.91. The molecule has 0 N–H and O–H groups in total. The van der Waals surface area contributed by atoms with E-state index in [1.807, 2.05) is 0 Å². The lowest BCUT2D eigenvalue weighted by atomic mass is 10.3. The molecule has 0 amide bonds. The number of halogens is 4. The largest absolute Gasteiger partial charge is 0.493 e. The summed E-state index contributed by atoms with van der Waals surface area (Å²) in [6.45, 7) is 0. The molecule has 0 aromatic heterocycles. The van der Waals surface area contributed by atoms with Crippen molar-refractivity contribution < 1.29 is 26.8 Å². The molecule has 0 spiro atoms. The minimum absolute atomic E-state index is 0.0110. The van der Waals surface area contributed by atoms with Crippen molar-refractivity contribution in [3.05, 3.63) is 16.6 Å². The second-order valence-corrected chi connectivity index (χ2v) is 4.40. The maximum absolute atomic E-state index is 11.9. The summed E-state index contributed by atoms with van der Waals surface area (Å²) >= 11 is 2.55. The summed E-state index contributed by atoms with van der Waals surface area (Å²) in [6, 6.07) is 2.67. The number of hydrogen-bond donors (Lipinski definition) is 0. The molecule has 1 aromatic rings. The van der Waals surface area contributed by atoms with Crippen LogP contribution in [0.4, 0.5) is 13.2 Å². The van der Waals surface area contributed by atoms with Gasteiger partial charge in [0.1, 0.15) is 5.75 Å². The summed E-state index contributed by atoms with van der Waals surface area (Å²) in [5.41, 5.74) is -4.46. The van der Waals surface area contributed by atoms with Crippen LogP contribution in [0.1, 0.15) is 0 Å². The van der Waals surface area contributed by atoms with Gasteiger partial charge in [-0.3, -0.25) is 0 Å². The molecule has 3 nitrogen and oxygen atoms in total. The summed E-state index contributed by atoms with van der Waals surface area (Å²) in [5, 5.41) is 0. The first-order chi connectivity index (χ1) is 7.87. The topological polar surface area (TPSA) is 27.7 Å². The monoisotopic (exact) mass is 332 g/mol. The zero-order chi connectivity index (χ0) is 13.1. The Morgan fingerprint density at radius 2 is 1.82 bits per heavy atom. The molecule has 8 heteroatoms. The highest BCUT2D eigenvalue weighted by Crippen LogP contribution is 2.41. The lowest BCUT2D eigenvalue weighted by Gasteiger charge is -2.12. The second kappa shape index (κ2) is 5.72. The van der Waals surface area contributed by atoms with Crippen molar-refractivity contribution in [2.75, 3.05) is 14.2 Å². The maximum atomic E-state index is 11.9. The molecule has 0 heterocycles. The van der Waals surface area contributed by atoms with E-state index in [9.17, 15) is 13.2 Å². The van der Waals surface area contributed by atoms with Gasteiger partial charge in [-0.2, -0.15) is 13.2 Å². The van der Waals surface area contributed by atoms with Crippen LogP contribution in [0.5, 0.6) is 17.2 Å². The van der Waals surface area contributed by atoms with Crippen LogP contribution >= 0.6 is 28.0 Å². The average Bonchev–Trinajstić information content (AvgIpc) is 2.24. The van der Waals surface area contributed by atoms with Gasteiger partial charge in [0.25, 0.3) is 0 Å². The number of ether oxygens (including phenoxy) is 2. The zero-order valence-corrected chi connectivity index (χ0v) is 11.2. The van der Waals surface area contributed by atoms with E-state index in [0.717, 1.165) is 0 Å². The summed E-state index contributed by atoms with van der Waals surface area (Å²) in [6.07, 6.45) is 0. The van der Waals surface area contributed by atoms with Crippen LogP contribution < -0.4 is 13.7 Å². The van der Waals surface area contributed by atoms with Gasteiger partial charge in [-0.05, 0) is 22.0 Å². The predicted molar refractivity (Wildman–Crippen MR) is 61.5 cm³/mol. The first-order valence-corrected chi connectivity index (χ1v) is 5.74. The third-order valence-electron chi connectivity index (χ3n) is 1.64. The predicted octanol–water partition coefficient (Wildman–Crippen LogP) is 4.01. The van der Waals surface area contributed by atoms with E-state index in [4.69, 9.17) is 9.47 Å². The molecule has 0 atom stereocenters. The number of hydrogen-bond acceptors (Lipinski definition) is 4. The Balaban J connectivity index is 2.92. The Labute approximate surface area is 109 Å². The molecular weight excluding hydrogens is 325 g/mol. The van der Waals surface area contributed by atoms with Gasteiger partial charge < -0.3 is 13.7 Å². The lowest BCUT2D eigenvalue weighted by molar-refractivity contribution is -0.0369. The number of rotatable bonds is 4. The van der Waals surface area contributed by atoms with Crippen LogP contribution in [0.3, 0.4) is 0 Å². The van der Waals surface area contributed by atoms with E-state index in [0.29, 0.717) is 10.2 Å². The normalized spacial score (nSPS) is 11.2. The molecule has 0 saturated heterocycles. The highest BCUT2D eigenvalue weighted by molar-refractivity contribution is 9.10. The Kier molecular flexibility index (Phi) is 4.81. The van der Waals surface area contributed by atoms with E-state index in [1.54, 1.807) is 0 Å². The minimum Gasteiger partial charge on any atom is -0.493 e. The summed E-state index contributed by atoms with van der Waals surface area (Å²) in [4.78, 5) is 0. The fraction of sp³-hybridized carbons (Fsp3) is 0.333.